The van der Waals surface area contributed by atoms with Gasteiger partial charge in [0, 0.05) is 33.0 Å². The minimum absolute atomic E-state index is 0.513. The molecule has 0 radical (unpaired) electrons. The van der Waals surface area contributed by atoms with E-state index in [2.05, 4.69) is 146 Å². The molecule has 4 nitrogen and oxygen atoms in total. The lowest BCUT2D eigenvalue weighted by Crippen LogP contribution is -2.28. The summed E-state index contributed by atoms with van der Waals surface area (Å²) in [5.74, 6) is 1.90. The molecule has 1 aliphatic carbocycles. The Balaban J connectivity index is 1.13. The summed E-state index contributed by atoms with van der Waals surface area (Å²) in [5, 5.41) is 3.43. The monoisotopic (exact) mass is 726 g/mol. The lowest BCUT2D eigenvalue weighted by molar-refractivity contribution is 0.769. The molecule has 0 bridgehead atoms. The predicted molar refractivity (Wildman–Crippen MR) is 232 cm³/mol. The van der Waals surface area contributed by atoms with Gasteiger partial charge in [0.1, 0.15) is 0 Å². The Morgan fingerprint density at radius 3 is 1.37 bits per heavy atom. The highest BCUT2D eigenvalue weighted by molar-refractivity contribution is 6.13. The van der Waals surface area contributed by atoms with E-state index in [-0.39, 0.29) is 0 Å². The van der Waals surface area contributed by atoms with E-state index in [1.54, 1.807) is 0 Å². The van der Waals surface area contributed by atoms with E-state index < -0.39 is 5.41 Å². The molecule has 2 heterocycles. The van der Waals surface area contributed by atoms with Crippen molar-refractivity contribution in [2.75, 3.05) is 0 Å². The van der Waals surface area contributed by atoms with Gasteiger partial charge in [-0.3, -0.25) is 0 Å². The number of benzene rings is 8. The fraction of sp³-hybridized carbons (Fsp3) is 0.0189. The van der Waals surface area contributed by atoms with Crippen LogP contribution in [0.2, 0.25) is 0 Å². The van der Waals surface area contributed by atoms with Crippen molar-refractivity contribution in [3.05, 3.63) is 229 Å². The fourth-order valence-corrected chi connectivity index (χ4v) is 8.82. The van der Waals surface area contributed by atoms with Gasteiger partial charge in [-0.05, 0) is 57.0 Å². The lowest BCUT2D eigenvalue weighted by atomic mass is 9.67. The summed E-state index contributed by atoms with van der Waals surface area (Å²) in [6.45, 7) is 0. The first-order chi connectivity index (χ1) is 28.3. The van der Waals surface area contributed by atoms with Crippen LogP contribution in [0.1, 0.15) is 22.3 Å². The van der Waals surface area contributed by atoms with Crippen LogP contribution in [-0.4, -0.2) is 19.9 Å². The minimum atomic E-state index is -0.513. The molecule has 0 amide bonds. The zero-order chi connectivity index (χ0) is 37.8. The highest BCUT2D eigenvalue weighted by Crippen LogP contribution is 2.57. The summed E-state index contributed by atoms with van der Waals surface area (Å²) < 4.78 is 0. The van der Waals surface area contributed by atoms with Crippen molar-refractivity contribution in [1.82, 2.24) is 19.9 Å². The first-order valence-electron chi connectivity index (χ1n) is 19.3. The average Bonchev–Trinajstić information content (AvgIpc) is 3.59. The van der Waals surface area contributed by atoms with Crippen LogP contribution in [0.3, 0.4) is 0 Å². The number of para-hydroxylation sites is 1. The highest BCUT2D eigenvalue weighted by atomic mass is 15.0. The van der Waals surface area contributed by atoms with Crippen molar-refractivity contribution < 1.29 is 0 Å². The molecule has 10 aromatic rings. The maximum atomic E-state index is 5.41. The molecule has 8 aromatic carbocycles. The van der Waals surface area contributed by atoms with Gasteiger partial charge >= 0.3 is 0 Å². The average molecular weight is 727 g/mol. The Hall–Kier alpha value is -7.56. The first kappa shape index (κ1) is 32.8. The van der Waals surface area contributed by atoms with Crippen molar-refractivity contribution >= 4 is 21.7 Å². The van der Waals surface area contributed by atoms with E-state index in [9.17, 15) is 0 Å². The Bertz CT molecular complexity index is 2990. The number of aromatic nitrogens is 4. The van der Waals surface area contributed by atoms with Crippen LogP contribution in [0.5, 0.6) is 0 Å². The van der Waals surface area contributed by atoms with Crippen LogP contribution < -0.4 is 0 Å². The highest BCUT2D eigenvalue weighted by Gasteiger charge is 2.46. The van der Waals surface area contributed by atoms with Gasteiger partial charge in [-0.15, -0.1) is 0 Å². The molecule has 57 heavy (non-hydrogen) atoms. The van der Waals surface area contributed by atoms with Gasteiger partial charge in [-0.25, -0.2) is 19.9 Å². The van der Waals surface area contributed by atoms with Crippen molar-refractivity contribution in [3.8, 4) is 56.5 Å². The van der Waals surface area contributed by atoms with Crippen molar-refractivity contribution in [2.24, 2.45) is 0 Å². The molecule has 0 spiro atoms. The number of pyridine rings is 1. The molecule has 4 heteroatoms. The fourth-order valence-electron chi connectivity index (χ4n) is 8.82. The van der Waals surface area contributed by atoms with Gasteiger partial charge in [0.2, 0.25) is 0 Å². The summed E-state index contributed by atoms with van der Waals surface area (Å²) in [4.78, 5) is 20.3. The van der Waals surface area contributed by atoms with Gasteiger partial charge in [0.05, 0.1) is 16.6 Å². The smallest absolute Gasteiger partial charge is 0.164 e. The van der Waals surface area contributed by atoms with Gasteiger partial charge in [0.15, 0.2) is 17.5 Å². The van der Waals surface area contributed by atoms with Gasteiger partial charge < -0.3 is 0 Å². The normalized spacial score (nSPS) is 12.7. The molecule has 0 atom stereocenters. The van der Waals surface area contributed by atoms with E-state index >= 15 is 0 Å². The Labute approximate surface area is 330 Å². The molecule has 0 saturated heterocycles. The number of fused-ring (bicyclic) bond motifs is 6. The van der Waals surface area contributed by atoms with Crippen LogP contribution in [0.25, 0.3) is 78.2 Å². The van der Waals surface area contributed by atoms with E-state index in [4.69, 9.17) is 19.9 Å². The molecule has 0 saturated carbocycles. The van der Waals surface area contributed by atoms with Crippen molar-refractivity contribution in [2.45, 2.75) is 5.41 Å². The molecular weight excluding hydrogens is 693 g/mol. The zero-order valence-corrected chi connectivity index (χ0v) is 30.9. The Morgan fingerprint density at radius 1 is 0.298 bits per heavy atom. The topological polar surface area (TPSA) is 51.6 Å². The summed E-state index contributed by atoms with van der Waals surface area (Å²) in [5.41, 5.74) is 12.7. The molecule has 0 unspecified atom stereocenters. The second kappa shape index (κ2) is 13.3. The van der Waals surface area contributed by atoms with Crippen LogP contribution in [0.15, 0.2) is 206 Å². The lowest BCUT2D eigenvalue weighted by Gasteiger charge is -2.34. The molecule has 266 valence electrons. The third-order valence-corrected chi connectivity index (χ3v) is 11.4. The molecule has 0 fully saturated rings. The third kappa shape index (κ3) is 5.30. The standard InChI is InChI=1S/C53H34N4/c1-5-17-36(18-6-1)50-55-51(37-19-7-2-8-20-37)57-52(56-50)38-31-29-35(30-32-38)49-45-34-47-44(33-43(45)42-26-14-16-28-48(42)54-49)41-25-13-15-27-46(41)53(47,39-21-9-3-10-22-39)40-23-11-4-12-24-40/h1-34H. The maximum Gasteiger partial charge on any atom is 0.164 e. The van der Waals surface area contributed by atoms with Crippen LogP contribution >= 0.6 is 0 Å². The Kier molecular flexibility index (Phi) is 7.68. The molecular formula is C53H34N4. The van der Waals surface area contributed by atoms with Crippen LogP contribution in [-0.2, 0) is 5.41 Å². The largest absolute Gasteiger partial charge is 0.247 e. The van der Waals surface area contributed by atoms with E-state index in [1.807, 2.05) is 60.7 Å². The second-order valence-electron chi connectivity index (χ2n) is 14.6. The second-order valence-corrected chi connectivity index (χ2v) is 14.6. The van der Waals surface area contributed by atoms with Gasteiger partial charge in [-0.2, -0.15) is 0 Å². The van der Waals surface area contributed by atoms with Gasteiger partial charge in [-0.1, -0.05) is 188 Å². The molecule has 0 aliphatic heterocycles. The summed E-state index contributed by atoms with van der Waals surface area (Å²) in [6.07, 6.45) is 0. The third-order valence-electron chi connectivity index (χ3n) is 11.4. The number of nitrogens with zero attached hydrogens (tertiary/aromatic N) is 4. The van der Waals surface area contributed by atoms with Crippen molar-refractivity contribution in [1.29, 1.82) is 0 Å². The minimum Gasteiger partial charge on any atom is -0.247 e. The zero-order valence-electron chi connectivity index (χ0n) is 30.9. The summed E-state index contributed by atoms with van der Waals surface area (Å²) >= 11 is 0. The van der Waals surface area contributed by atoms with E-state index in [0.717, 1.165) is 44.2 Å². The molecule has 0 N–H and O–H groups in total. The quantitative estimate of drug-likeness (QED) is 0.160. The predicted octanol–water partition coefficient (Wildman–Crippen LogP) is 12.6. The first-order valence-corrected chi connectivity index (χ1v) is 19.3. The van der Waals surface area contributed by atoms with Crippen molar-refractivity contribution in [3.63, 3.8) is 0 Å². The molecule has 2 aromatic heterocycles. The number of hydrogen-bond donors (Lipinski definition) is 0. The summed E-state index contributed by atoms with van der Waals surface area (Å²) in [7, 11) is 0. The molecule has 1 aliphatic rings. The van der Waals surface area contributed by atoms with Crippen LogP contribution in [0, 0.1) is 0 Å². The van der Waals surface area contributed by atoms with E-state index in [0.29, 0.717) is 17.5 Å². The van der Waals surface area contributed by atoms with Crippen LogP contribution in [0.4, 0.5) is 0 Å². The number of hydrogen-bond acceptors (Lipinski definition) is 4. The molecule has 11 rings (SSSR count). The number of rotatable bonds is 6. The maximum absolute atomic E-state index is 5.41. The SMILES string of the molecule is c1ccc(-c2nc(-c3ccccc3)nc(-c3ccc(-c4nc5ccccc5c5cc6c(cc45)C(c4ccccc4)(c4ccccc4)c4ccccc4-6)cc3)n2)cc1. The van der Waals surface area contributed by atoms with Gasteiger partial charge in [0.25, 0.3) is 0 Å². The Morgan fingerprint density at radius 2 is 0.772 bits per heavy atom. The summed E-state index contributed by atoms with van der Waals surface area (Å²) in [6, 6.07) is 72.9. The van der Waals surface area contributed by atoms with E-state index in [1.165, 1.54) is 38.8 Å².